The molecule has 0 bridgehead atoms. The summed E-state index contributed by atoms with van der Waals surface area (Å²) in [5.74, 6) is -0.360. The van der Waals surface area contributed by atoms with Crippen LogP contribution in [0.5, 0.6) is 0 Å². The van der Waals surface area contributed by atoms with E-state index in [0.29, 0.717) is 28.8 Å². The SMILES string of the molecule is C=CC[C@H](/C=C(\C)C(=O)NC)C(=N)c1cc(/C(N)=N/N=C)ccc1N.CC.Cc1ccccc1. The highest BCUT2D eigenvalue weighted by atomic mass is 16.1. The lowest BCUT2D eigenvalue weighted by molar-refractivity contribution is -0.117. The first-order chi connectivity index (χ1) is 16.2. The van der Waals surface area contributed by atoms with Gasteiger partial charge < -0.3 is 22.2 Å². The second-order valence-electron chi connectivity index (χ2n) is 7.06. The number of nitrogen functional groups attached to an aromatic ring is 1. The van der Waals surface area contributed by atoms with Gasteiger partial charge in [0.2, 0.25) is 5.91 Å². The highest BCUT2D eigenvalue weighted by Gasteiger charge is 2.18. The van der Waals surface area contributed by atoms with E-state index in [-0.39, 0.29) is 23.4 Å². The third-order valence-corrected chi connectivity index (χ3v) is 4.59. The van der Waals surface area contributed by atoms with Crippen molar-refractivity contribution < 1.29 is 4.79 Å². The van der Waals surface area contributed by atoms with Crippen LogP contribution in [0.15, 0.2) is 83.0 Å². The Bertz CT molecular complexity index is 1010. The molecule has 0 aliphatic heterocycles. The lowest BCUT2D eigenvalue weighted by Gasteiger charge is -2.16. The third-order valence-electron chi connectivity index (χ3n) is 4.59. The molecule has 34 heavy (non-hydrogen) atoms. The van der Waals surface area contributed by atoms with Crippen molar-refractivity contribution >= 4 is 29.9 Å². The van der Waals surface area contributed by atoms with E-state index in [1.165, 1.54) is 5.56 Å². The maximum Gasteiger partial charge on any atom is 0.246 e. The molecule has 0 aromatic heterocycles. The molecule has 7 nitrogen and oxygen atoms in total. The highest BCUT2D eigenvalue weighted by molar-refractivity contribution is 6.08. The van der Waals surface area contributed by atoms with Gasteiger partial charge in [0.15, 0.2) is 5.84 Å². The maximum atomic E-state index is 11.7. The summed E-state index contributed by atoms with van der Waals surface area (Å²) in [6, 6.07) is 15.3. The van der Waals surface area contributed by atoms with Crippen LogP contribution in [-0.4, -0.2) is 31.2 Å². The van der Waals surface area contributed by atoms with Crippen molar-refractivity contribution in [3.63, 3.8) is 0 Å². The lowest BCUT2D eigenvalue weighted by Crippen LogP contribution is -2.21. The fourth-order valence-corrected chi connectivity index (χ4v) is 2.84. The van der Waals surface area contributed by atoms with Crippen molar-refractivity contribution in [1.29, 1.82) is 5.41 Å². The van der Waals surface area contributed by atoms with Gasteiger partial charge in [0.05, 0.1) is 0 Å². The van der Waals surface area contributed by atoms with Crippen molar-refractivity contribution in [3.8, 4) is 0 Å². The zero-order valence-corrected chi connectivity index (χ0v) is 20.9. The number of amides is 1. The molecule has 0 aliphatic carbocycles. The van der Waals surface area contributed by atoms with Gasteiger partial charge in [-0.15, -0.1) is 11.7 Å². The maximum absolute atomic E-state index is 11.7. The molecule has 0 spiro atoms. The van der Waals surface area contributed by atoms with Crippen LogP contribution in [0, 0.1) is 18.3 Å². The van der Waals surface area contributed by atoms with E-state index in [2.05, 4.69) is 47.9 Å². The van der Waals surface area contributed by atoms with Crippen molar-refractivity contribution in [1.82, 2.24) is 5.32 Å². The number of aryl methyl sites for hydroxylation is 1. The molecule has 1 amide bonds. The van der Waals surface area contributed by atoms with Crippen molar-refractivity contribution in [2.45, 2.75) is 34.1 Å². The van der Waals surface area contributed by atoms with E-state index in [1.54, 1.807) is 44.3 Å². The Morgan fingerprint density at radius 2 is 1.82 bits per heavy atom. The van der Waals surface area contributed by atoms with Crippen LogP contribution in [0.25, 0.3) is 0 Å². The average Bonchev–Trinajstić information content (AvgIpc) is 2.85. The van der Waals surface area contributed by atoms with Crippen LogP contribution in [0.2, 0.25) is 0 Å². The molecule has 0 heterocycles. The second kappa shape index (κ2) is 16.6. The first kappa shape index (κ1) is 30.0. The van der Waals surface area contributed by atoms with Gasteiger partial charge in [-0.2, -0.15) is 5.10 Å². The molecular formula is C27H38N6O. The van der Waals surface area contributed by atoms with Gasteiger partial charge in [-0.1, -0.05) is 61.9 Å². The van der Waals surface area contributed by atoms with Crippen LogP contribution in [-0.2, 0) is 4.79 Å². The second-order valence-corrected chi connectivity index (χ2v) is 7.06. The minimum absolute atomic E-state index is 0.182. The largest absolute Gasteiger partial charge is 0.398 e. The highest BCUT2D eigenvalue weighted by Crippen LogP contribution is 2.22. The van der Waals surface area contributed by atoms with Gasteiger partial charge in [0.25, 0.3) is 0 Å². The Morgan fingerprint density at radius 3 is 2.29 bits per heavy atom. The topological polar surface area (TPSA) is 130 Å². The van der Waals surface area contributed by atoms with Gasteiger partial charge in [-0.25, -0.2) is 0 Å². The third kappa shape index (κ3) is 10.1. The summed E-state index contributed by atoms with van der Waals surface area (Å²) in [6.45, 7) is 14.8. The molecule has 0 unspecified atom stereocenters. The normalized spacial score (nSPS) is 11.6. The molecule has 2 aromatic rings. The molecule has 0 fully saturated rings. The molecule has 2 aromatic carbocycles. The molecule has 0 saturated carbocycles. The van der Waals surface area contributed by atoms with E-state index < -0.39 is 0 Å². The minimum Gasteiger partial charge on any atom is -0.398 e. The van der Waals surface area contributed by atoms with E-state index in [4.69, 9.17) is 16.9 Å². The van der Waals surface area contributed by atoms with Gasteiger partial charge in [-0.3, -0.25) is 4.79 Å². The Hall–Kier alpha value is -4.00. The number of nitrogens with two attached hydrogens (primary N) is 2. The number of hydrogen-bond donors (Lipinski definition) is 4. The molecule has 1 atom stereocenters. The Kier molecular flexibility index (Phi) is 14.7. The number of anilines is 1. The summed E-state index contributed by atoms with van der Waals surface area (Å²) in [6.07, 6.45) is 3.93. The summed E-state index contributed by atoms with van der Waals surface area (Å²) in [7, 11) is 1.56. The van der Waals surface area contributed by atoms with Gasteiger partial charge in [0.1, 0.15) is 0 Å². The summed E-state index contributed by atoms with van der Waals surface area (Å²) in [5, 5.41) is 18.2. The van der Waals surface area contributed by atoms with Gasteiger partial charge in [0, 0.05) is 47.8 Å². The molecule has 0 saturated heterocycles. The molecule has 7 heteroatoms. The number of benzene rings is 2. The number of hydrogen-bond acceptors (Lipinski definition) is 5. The van der Waals surface area contributed by atoms with E-state index >= 15 is 0 Å². The quantitative estimate of drug-likeness (QED) is 0.112. The summed E-state index contributed by atoms with van der Waals surface area (Å²) < 4.78 is 0. The van der Waals surface area contributed by atoms with Gasteiger partial charge >= 0.3 is 0 Å². The molecule has 2 rings (SSSR count). The van der Waals surface area contributed by atoms with Crippen molar-refractivity contribution in [2.24, 2.45) is 21.9 Å². The van der Waals surface area contributed by atoms with E-state index in [1.807, 2.05) is 32.0 Å². The Morgan fingerprint density at radius 1 is 1.21 bits per heavy atom. The smallest absolute Gasteiger partial charge is 0.246 e. The standard InChI is InChI=1S/C18H24N6O.C7H8.C2H6/c1-5-6-12(9-11(2)18(25)22-3)16(20)14-10-13(7-8-15(14)19)17(21)24-23-4;1-7-5-3-2-4-6-7;1-2/h5,7-10,12,20H,1,4,6,19H2,2-3H3,(H2,21,24)(H,22,25);2-6H,1H3;1-2H3/b11-9+,20-16?;;/t12-;;/m1../s1. The average molecular weight is 463 g/mol. The Labute approximate surface area is 203 Å². The number of likely N-dealkylation sites (N-methyl/N-ethyl adjacent to an activating group) is 1. The predicted octanol–water partition coefficient (Wildman–Crippen LogP) is 4.86. The summed E-state index contributed by atoms with van der Waals surface area (Å²) in [5.41, 5.74) is 15.5. The zero-order chi connectivity index (χ0) is 26.1. The Balaban J connectivity index is 0.00000101. The molecule has 6 N–H and O–H groups in total. The van der Waals surface area contributed by atoms with Crippen LogP contribution < -0.4 is 16.8 Å². The number of nitrogens with one attached hydrogen (secondary N) is 2. The van der Waals surface area contributed by atoms with Crippen molar-refractivity contribution in [2.75, 3.05) is 12.8 Å². The monoisotopic (exact) mass is 462 g/mol. The first-order valence-electron chi connectivity index (χ1n) is 11.1. The fraction of sp³-hybridized carbons (Fsp3) is 0.259. The van der Waals surface area contributed by atoms with Gasteiger partial charge in [-0.05, 0) is 38.5 Å². The van der Waals surface area contributed by atoms with Crippen LogP contribution in [0.3, 0.4) is 0 Å². The summed E-state index contributed by atoms with van der Waals surface area (Å²) in [4.78, 5) is 11.7. The number of amidine groups is 1. The predicted molar refractivity (Wildman–Crippen MR) is 147 cm³/mol. The first-order valence-corrected chi connectivity index (χ1v) is 11.1. The number of carbonyl (C=O) groups excluding carboxylic acids is 1. The molecule has 0 radical (unpaired) electrons. The van der Waals surface area contributed by atoms with E-state index in [0.717, 1.165) is 0 Å². The fourth-order valence-electron chi connectivity index (χ4n) is 2.84. The number of allylic oxidation sites excluding steroid dienone is 2. The number of rotatable bonds is 8. The summed E-state index contributed by atoms with van der Waals surface area (Å²) >= 11 is 0. The zero-order valence-electron chi connectivity index (χ0n) is 20.9. The minimum atomic E-state index is -0.344. The van der Waals surface area contributed by atoms with Crippen LogP contribution >= 0.6 is 0 Å². The molecule has 182 valence electrons. The number of carbonyl (C=O) groups is 1. The van der Waals surface area contributed by atoms with Crippen LogP contribution in [0.1, 0.15) is 43.9 Å². The molecule has 0 aliphatic rings. The van der Waals surface area contributed by atoms with Crippen LogP contribution in [0.4, 0.5) is 5.69 Å². The molecular weight excluding hydrogens is 424 g/mol. The van der Waals surface area contributed by atoms with E-state index in [9.17, 15) is 4.79 Å². The number of nitrogens with zero attached hydrogens (tertiary/aromatic N) is 2. The van der Waals surface area contributed by atoms with Crippen molar-refractivity contribution in [3.05, 3.63) is 89.5 Å². The lowest BCUT2D eigenvalue weighted by atomic mass is 9.90.